The van der Waals surface area contributed by atoms with Gasteiger partial charge < -0.3 is 29.3 Å². The number of aromatic nitrogens is 2. The molecule has 0 atom stereocenters. The Morgan fingerprint density at radius 1 is 1.00 bits per heavy atom. The van der Waals surface area contributed by atoms with Crippen LogP contribution in [0.2, 0.25) is 0 Å². The van der Waals surface area contributed by atoms with Crippen LogP contribution in [0.4, 0.5) is 11.4 Å². The Morgan fingerprint density at radius 3 is 2.26 bits per heavy atom. The molecule has 0 aliphatic carbocycles. The van der Waals surface area contributed by atoms with E-state index in [0.717, 1.165) is 47.5 Å². The van der Waals surface area contributed by atoms with Crippen molar-refractivity contribution in [2.45, 2.75) is 32.6 Å². The molecule has 5 rings (SSSR count). The summed E-state index contributed by atoms with van der Waals surface area (Å²) < 4.78 is 20.7. The fourth-order valence-corrected chi connectivity index (χ4v) is 6.13. The molecule has 2 saturated heterocycles. The summed E-state index contributed by atoms with van der Waals surface area (Å²) in [5, 5.41) is 3.96. The molecule has 202 valence electrons. The van der Waals surface area contributed by atoms with Crippen LogP contribution in [-0.2, 0) is 4.79 Å². The highest BCUT2D eigenvalue weighted by Crippen LogP contribution is 2.41. The zero-order chi connectivity index (χ0) is 26.8. The van der Waals surface area contributed by atoms with Crippen LogP contribution in [-0.4, -0.2) is 73.6 Å². The second-order valence-corrected chi connectivity index (χ2v) is 10.4. The van der Waals surface area contributed by atoms with Gasteiger partial charge in [0.1, 0.15) is 4.83 Å². The van der Waals surface area contributed by atoms with Crippen LogP contribution >= 0.6 is 11.5 Å². The van der Waals surface area contributed by atoms with E-state index in [2.05, 4.69) is 19.6 Å². The van der Waals surface area contributed by atoms with Gasteiger partial charge in [-0.2, -0.15) is 4.37 Å². The normalized spacial score (nSPS) is 16.1. The van der Waals surface area contributed by atoms with E-state index >= 15 is 0 Å². The van der Waals surface area contributed by atoms with Crippen molar-refractivity contribution >= 4 is 44.9 Å². The van der Waals surface area contributed by atoms with E-state index in [1.165, 1.54) is 11.5 Å². The first-order valence-electron chi connectivity index (χ1n) is 12.8. The SMILES string of the molecule is COc1cc(NC(=O)C2CCN(c3c(C(=O)N4CCCC4)cnc4snc(C)c34)CC2)cc(OC)c1OC. The molecule has 0 bridgehead atoms. The Bertz CT molecular complexity index is 1320. The molecule has 4 heterocycles. The monoisotopic (exact) mass is 539 g/mol. The summed E-state index contributed by atoms with van der Waals surface area (Å²) in [6, 6.07) is 3.45. The van der Waals surface area contributed by atoms with E-state index in [4.69, 9.17) is 14.2 Å². The Balaban J connectivity index is 1.34. The van der Waals surface area contributed by atoms with E-state index in [9.17, 15) is 9.59 Å². The number of nitrogens with one attached hydrogen (secondary N) is 1. The van der Waals surface area contributed by atoms with Crippen LogP contribution in [0.15, 0.2) is 18.3 Å². The third kappa shape index (κ3) is 4.82. The zero-order valence-electron chi connectivity index (χ0n) is 22.2. The number of benzene rings is 1. The highest BCUT2D eigenvalue weighted by Gasteiger charge is 2.31. The number of anilines is 2. The van der Waals surface area contributed by atoms with Crippen LogP contribution < -0.4 is 24.4 Å². The van der Waals surface area contributed by atoms with Gasteiger partial charge in [-0.3, -0.25) is 9.59 Å². The van der Waals surface area contributed by atoms with Gasteiger partial charge >= 0.3 is 0 Å². The number of nitrogens with zero attached hydrogens (tertiary/aromatic N) is 4. The number of carbonyl (C=O) groups is 2. The predicted octanol–water partition coefficient (Wildman–Crippen LogP) is 4.12. The number of carbonyl (C=O) groups excluding carboxylic acids is 2. The summed E-state index contributed by atoms with van der Waals surface area (Å²) in [4.78, 5) is 36.2. The quantitative estimate of drug-likeness (QED) is 0.478. The minimum absolute atomic E-state index is 0.0276. The van der Waals surface area contributed by atoms with Gasteiger partial charge in [0, 0.05) is 56.1 Å². The first-order chi connectivity index (χ1) is 18.4. The Labute approximate surface area is 226 Å². The average Bonchev–Trinajstić information content (AvgIpc) is 3.62. The number of hydrogen-bond acceptors (Lipinski definition) is 9. The largest absolute Gasteiger partial charge is 0.493 e. The lowest BCUT2D eigenvalue weighted by Crippen LogP contribution is -2.39. The van der Waals surface area contributed by atoms with Crippen LogP contribution in [0.3, 0.4) is 0 Å². The number of fused-ring (bicyclic) bond motifs is 1. The zero-order valence-corrected chi connectivity index (χ0v) is 23.0. The summed E-state index contributed by atoms with van der Waals surface area (Å²) in [5.74, 6) is 1.24. The number of pyridine rings is 1. The summed E-state index contributed by atoms with van der Waals surface area (Å²) in [6.07, 6.45) is 5.09. The fraction of sp³-hybridized carbons (Fsp3) is 0.481. The lowest BCUT2D eigenvalue weighted by Gasteiger charge is -2.35. The third-order valence-electron chi connectivity index (χ3n) is 7.39. The number of likely N-dealkylation sites (tertiary alicyclic amines) is 1. The third-order valence-corrected chi connectivity index (χ3v) is 8.23. The topological polar surface area (TPSA) is 106 Å². The van der Waals surface area contributed by atoms with E-state index < -0.39 is 0 Å². The molecule has 0 radical (unpaired) electrons. The minimum Gasteiger partial charge on any atom is -0.493 e. The van der Waals surface area contributed by atoms with Gasteiger partial charge in [0.15, 0.2) is 11.5 Å². The maximum atomic E-state index is 13.5. The molecule has 2 aliphatic heterocycles. The molecular weight excluding hydrogens is 506 g/mol. The second-order valence-electron chi connectivity index (χ2n) is 9.63. The van der Waals surface area contributed by atoms with Crippen LogP contribution in [0.5, 0.6) is 17.2 Å². The lowest BCUT2D eigenvalue weighted by molar-refractivity contribution is -0.120. The molecule has 2 amide bonds. The van der Waals surface area contributed by atoms with Crippen LogP contribution in [0.1, 0.15) is 41.7 Å². The van der Waals surface area contributed by atoms with Gasteiger partial charge in [0.2, 0.25) is 11.7 Å². The summed E-state index contributed by atoms with van der Waals surface area (Å²) in [6.45, 7) is 4.83. The molecule has 1 aromatic carbocycles. The number of piperidine rings is 1. The van der Waals surface area contributed by atoms with Gasteiger partial charge in [-0.15, -0.1) is 0 Å². The van der Waals surface area contributed by atoms with Gasteiger partial charge in [-0.05, 0) is 44.1 Å². The van der Waals surface area contributed by atoms with Crippen molar-refractivity contribution in [3.8, 4) is 17.2 Å². The number of hydrogen-bond donors (Lipinski definition) is 1. The number of aryl methyl sites for hydroxylation is 1. The standard InChI is InChI=1S/C27H33N5O5S/c1-16-22-23(19(15-28-26(22)38-30-16)27(34)32-9-5-6-10-32)31-11-7-17(8-12-31)25(33)29-18-13-20(35-2)24(37-4)21(14-18)36-3/h13-15,17H,5-12H2,1-4H3,(H,29,33). The minimum atomic E-state index is -0.165. The first kappa shape index (κ1) is 26.0. The van der Waals surface area contributed by atoms with E-state index in [1.807, 2.05) is 11.8 Å². The second kappa shape index (κ2) is 11.0. The summed E-state index contributed by atoms with van der Waals surface area (Å²) in [5.41, 5.74) is 3.00. The molecule has 1 N–H and O–H groups in total. The van der Waals surface area contributed by atoms with Crippen molar-refractivity contribution < 1.29 is 23.8 Å². The number of methoxy groups -OCH3 is 3. The summed E-state index contributed by atoms with van der Waals surface area (Å²) >= 11 is 1.35. The van der Waals surface area contributed by atoms with Gasteiger partial charge in [-0.25, -0.2) is 4.98 Å². The molecule has 2 aromatic heterocycles. The molecule has 11 heteroatoms. The van der Waals surface area contributed by atoms with Gasteiger partial charge in [0.25, 0.3) is 5.91 Å². The molecule has 0 saturated carbocycles. The molecule has 3 aromatic rings. The first-order valence-corrected chi connectivity index (χ1v) is 13.6. The maximum Gasteiger partial charge on any atom is 0.257 e. The highest BCUT2D eigenvalue weighted by molar-refractivity contribution is 7.13. The van der Waals surface area contributed by atoms with Crippen molar-refractivity contribution in [2.75, 3.05) is 57.7 Å². The van der Waals surface area contributed by atoms with Crippen molar-refractivity contribution in [3.05, 3.63) is 29.6 Å². The smallest absolute Gasteiger partial charge is 0.257 e. The van der Waals surface area contributed by atoms with E-state index in [1.54, 1.807) is 39.7 Å². The Hall–Kier alpha value is -3.60. The molecule has 38 heavy (non-hydrogen) atoms. The molecule has 2 fully saturated rings. The van der Waals surface area contributed by atoms with Crippen molar-refractivity contribution in [1.82, 2.24) is 14.3 Å². The van der Waals surface area contributed by atoms with E-state index in [0.29, 0.717) is 54.4 Å². The molecule has 0 spiro atoms. The molecule has 2 aliphatic rings. The molecular formula is C27H33N5O5S. The fourth-order valence-electron chi connectivity index (χ4n) is 5.38. The van der Waals surface area contributed by atoms with Crippen LogP contribution in [0.25, 0.3) is 10.2 Å². The lowest BCUT2D eigenvalue weighted by atomic mass is 9.94. The number of rotatable bonds is 7. The van der Waals surface area contributed by atoms with Gasteiger partial charge in [0.05, 0.1) is 43.7 Å². The van der Waals surface area contributed by atoms with Crippen molar-refractivity contribution in [2.24, 2.45) is 5.92 Å². The Morgan fingerprint density at radius 2 is 1.66 bits per heavy atom. The van der Waals surface area contributed by atoms with Crippen LogP contribution in [0, 0.1) is 12.8 Å². The van der Waals surface area contributed by atoms with Gasteiger partial charge in [-0.1, -0.05) is 0 Å². The maximum absolute atomic E-state index is 13.5. The predicted molar refractivity (Wildman–Crippen MR) is 147 cm³/mol. The number of amides is 2. The average molecular weight is 540 g/mol. The molecule has 10 nitrogen and oxygen atoms in total. The Kier molecular flexibility index (Phi) is 7.55. The van der Waals surface area contributed by atoms with E-state index in [-0.39, 0.29) is 17.7 Å². The highest BCUT2D eigenvalue weighted by atomic mass is 32.1. The number of ether oxygens (including phenoxy) is 3. The van der Waals surface area contributed by atoms with Crippen molar-refractivity contribution in [3.63, 3.8) is 0 Å². The molecule has 0 unspecified atom stereocenters. The van der Waals surface area contributed by atoms with Crippen molar-refractivity contribution in [1.29, 1.82) is 0 Å². The summed E-state index contributed by atoms with van der Waals surface area (Å²) in [7, 11) is 4.63.